The van der Waals surface area contributed by atoms with Crippen molar-refractivity contribution in [2.75, 3.05) is 53.1 Å². The summed E-state index contributed by atoms with van der Waals surface area (Å²) in [6.45, 7) is 6.53. The largest absolute Gasteiger partial charge is 0.416 e. The van der Waals surface area contributed by atoms with Gasteiger partial charge in [0.1, 0.15) is 6.54 Å². The third-order valence-electron chi connectivity index (χ3n) is 4.44. The summed E-state index contributed by atoms with van der Waals surface area (Å²) in [4.78, 5) is 6.67. The Bertz CT molecular complexity index is 732. The number of benzene rings is 1. The minimum atomic E-state index is -4.37. The van der Waals surface area contributed by atoms with Crippen LogP contribution in [0.5, 0.6) is 0 Å². The lowest BCUT2D eigenvalue weighted by Gasteiger charge is -2.21. The lowest BCUT2D eigenvalue weighted by Crippen LogP contribution is -2.40. The fraction of sp³-hybridized carbons (Fsp3) is 0.571. The minimum absolute atomic E-state index is 0. The van der Waals surface area contributed by atoms with Crippen molar-refractivity contribution in [3.8, 4) is 11.8 Å². The Morgan fingerprint density at radius 2 is 2.13 bits per heavy atom. The number of hydrogen-bond acceptors (Lipinski definition) is 3. The van der Waals surface area contributed by atoms with Crippen LogP contribution in [0.4, 0.5) is 13.2 Å². The molecule has 0 bridgehead atoms. The molecule has 0 aromatic heterocycles. The van der Waals surface area contributed by atoms with E-state index in [9.17, 15) is 13.2 Å². The van der Waals surface area contributed by atoms with Gasteiger partial charge in [-0.3, -0.25) is 0 Å². The molecule has 1 heterocycles. The number of alkyl halides is 3. The van der Waals surface area contributed by atoms with Gasteiger partial charge in [0, 0.05) is 38.2 Å². The van der Waals surface area contributed by atoms with Crippen molar-refractivity contribution in [2.24, 2.45) is 10.9 Å². The maximum Gasteiger partial charge on any atom is 0.416 e. The van der Waals surface area contributed by atoms with Crippen molar-refractivity contribution in [1.29, 1.82) is 0 Å². The van der Waals surface area contributed by atoms with Crippen molar-refractivity contribution < 1.29 is 22.6 Å². The maximum absolute atomic E-state index is 12.8. The number of rotatable bonds is 7. The predicted octanol–water partition coefficient (Wildman–Crippen LogP) is 3.63. The number of likely N-dealkylation sites (tertiary alicyclic amines) is 1. The molecule has 1 aromatic rings. The monoisotopic (exact) mass is 539 g/mol. The van der Waals surface area contributed by atoms with Crippen molar-refractivity contribution in [3.63, 3.8) is 0 Å². The highest BCUT2D eigenvalue weighted by molar-refractivity contribution is 14.0. The van der Waals surface area contributed by atoms with Crippen LogP contribution in [0.2, 0.25) is 0 Å². The molecule has 1 atom stereocenters. The summed E-state index contributed by atoms with van der Waals surface area (Å²) in [7, 11) is 1.65. The van der Waals surface area contributed by atoms with E-state index in [2.05, 4.69) is 27.0 Å². The summed E-state index contributed by atoms with van der Waals surface area (Å²) >= 11 is 0. The number of hydrogen-bond donors (Lipinski definition) is 1. The summed E-state index contributed by atoms with van der Waals surface area (Å²) in [6, 6.07) is 5.01. The van der Waals surface area contributed by atoms with Crippen LogP contribution < -0.4 is 5.32 Å². The molecule has 1 aromatic carbocycles. The predicted molar refractivity (Wildman–Crippen MR) is 122 cm³/mol. The highest BCUT2D eigenvalue weighted by Gasteiger charge is 2.30. The molecule has 1 fully saturated rings. The molecule has 1 saturated heterocycles. The summed E-state index contributed by atoms with van der Waals surface area (Å²) in [5, 5.41) is 3.25. The van der Waals surface area contributed by atoms with Crippen LogP contribution in [0.3, 0.4) is 0 Å². The zero-order valence-electron chi connectivity index (χ0n) is 17.3. The van der Waals surface area contributed by atoms with E-state index >= 15 is 0 Å². The van der Waals surface area contributed by atoms with E-state index in [0.717, 1.165) is 44.1 Å². The van der Waals surface area contributed by atoms with Gasteiger partial charge in [-0.05, 0) is 31.5 Å². The van der Waals surface area contributed by atoms with Gasteiger partial charge in [-0.25, -0.2) is 4.99 Å². The molecule has 9 heteroatoms. The zero-order chi connectivity index (χ0) is 21.1. The van der Waals surface area contributed by atoms with E-state index in [0.29, 0.717) is 31.3 Å². The SMILES string of the molecule is CCNC(=NCC#Cc1cccc(C(F)(F)F)c1)N1CCC(COCCOC)C1.I. The molecule has 168 valence electrons. The van der Waals surface area contributed by atoms with Gasteiger partial charge in [0.05, 0.1) is 25.4 Å². The standard InChI is InChI=1S/C21H28F3N3O2.HI/c1-3-25-20(27-11-9-18(15-27)16-29-13-12-28-2)26-10-5-7-17-6-4-8-19(14-17)21(22,23)24;/h4,6,8,14,18H,3,9-13,15-16H2,1-2H3,(H,25,26);1H. The Hall–Kier alpha value is -1.51. The molecule has 5 nitrogen and oxygen atoms in total. The second kappa shape index (κ2) is 13.7. The van der Waals surface area contributed by atoms with Gasteiger partial charge in [-0.1, -0.05) is 17.9 Å². The Labute approximate surface area is 193 Å². The highest BCUT2D eigenvalue weighted by atomic mass is 127. The zero-order valence-corrected chi connectivity index (χ0v) is 19.6. The van der Waals surface area contributed by atoms with E-state index < -0.39 is 11.7 Å². The summed E-state index contributed by atoms with van der Waals surface area (Å²) in [5.74, 6) is 6.81. The van der Waals surface area contributed by atoms with E-state index in [1.54, 1.807) is 13.2 Å². The molecule has 0 radical (unpaired) electrons. The second-order valence-corrected chi connectivity index (χ2v) is 6.72. The fourth-order valence-electron chi connectivity index (χ4n) is 3.01. The Morgan fingerprint density at radius 1 is 1.33 bits per heavy atom. The average molecular weight is 539 g/mol. The first-order chi connectivity index (χ1) is 13.9. The number of ether oxygens (including phenoxy) is 2. The Kier molecular flexibility index (Phi) is 12.1. The van der Waals surface area contributed by atoms with Gasteiger partial charge in [0.25, 0.3) is 0 Å². The second-order valence-electron chi connectivity index (χ2n) is 6.72. The van der Waals surface area contributed by atoms with Gasteiger partial charge in [0.2, 0.25) is 0 Å². The summed E-state index contributed by atoms with van der Waals surface area (Å²) in [5.41, 5.74) is -0.369. The normalized spacial score (nSPS) is 16.6. The molecule has 0 saturated carbocycles. The molecular formula is C21H29F3IN3O2. The quantitative estimate of drug-likeness (QED) is 0.189. The molecular weight excluding hydrogens is 510 g/mol. The smallest absolute Gasteiger partial charge is 0.382 e. The molecule has 1 aliphatic rings. The first-order valence-electron chi connectivity index (χ1n) is 9.70. The van der Waals surface area contributed by atoms with Crippen LogP contribution >= 0.6 is 24.0 Å². The maximum atomic E-state index is 12.8. The lowest BCUT2D eigenvalue weighted by molar-refractivity contribution is -0.137. The van der Waals surface area contributed by atoms with Crippen molar-refractivity contribution in [1.82, 2.24) is 10.2 Å². The number of aliphatic imine (C=N–C) groups is 1. The van der Waals surface area contributed by atoms with E-state index in [1.165, 1.54) is 6.07 Å². The number of nitrogens with zero attached hydrogens (tertiary/aromatic N) is 2. The molecule has 0 aliphatic carbocycles. The van der Waals surface area contributed by atoms with Gasteiger partial charge in [-0.2, -0.15) is 13.2 Å². The van der Waals surface area contributed by atoms with Crippen LogP contribution in [0.1, 0.15) is 24.5 Å². The van der Waals surface area contributed by atoms with Crippen molar-refractivity contribution in [2.45, 2.75) is 19.5 Å². The van der Waals surface area contributed by atoms with Gasteiger partial charge in [-0.15, -0.1) is 24.0 Å². The van der Waals surface area contributed by atoms with Crippen LogP contribution in [0.25, 0.3) is 0 Å². The molecule has 30 heavy (non-hydrogen) atoms. The van der Waals surface area contributed by atoms with Crippen LogP contribution in [-0.2, 0) is 15.7 Å². The lowest BCUT2D eigenvalue weighted by atomic mass is 10.1. The van der Waals surface area contributed by atoms with Crippen molar-refractivity contribution in [3.05, 3.63) is 35.4 Å². The molecule has 1 N–H and O–H groups in total. The number of guanidine groups is 1. The van der Waals surface area contributed by atoms with Gasteiger partial charge >= 0.3 is 6.18 Å². The Morgan fingerprint density at radius 3 is 2.83 bits per heavy atom. The van der Waals surface area contributed by atoms with E-state index in [-0.39, 0.29) is 30.5 Å². The molecule has 1 aliphatic heterocycles. The molecule has 0 spiro atoms. The fourth-order valence-corrected chi connectivity index (χ4v) is 3.01. The van der Waals surface area contributed by atoms with Crippen molar-refractivity contribution >= 4 is 29.9 Å². The summed E-state index contributed by atoms with van der Waals surface area (Å²) in [6.07, 6.45) is -3.35. The van der Waals surface area contributed by atoms with E-state index in [4.69, 9.17) is 9.47 Å². The number of methoxy groups -OCH3 is 1. The average Bonchev–Trinajstić information content (AvgIpc) is 3.16. The Balaban J connectivity index is 0.00000450. The first-order valence-corrected chi connectivity index (χ1v) is 9.70. The highest BCUT2D eigenvalue weighted by Crippen LogP contribution is 2.29. The molecule has 2 rings (SSSR count). The topological polar surface area (TPSA) is 46.1 Å². The summed E-state index contributed by atoms with van der Waals surface area (Å²) < 4.78 is 48.9. The van der Waals surface area contributed by atoms with Gasteiger partial charge in [0.15, 0.2) is 5.96 Å². The first kappa shape index (κ1) is 26.5. The molecule has 1 unspecified atom stereocenters. The van der Waals surface area contributed by atoms with Crippen LogP contribution in [0, 0.1) is 17.8 Å². The third-order valence-corrected chi connectivity index (χ3v) is 4.44. The van der Waals surface area contributed by atoms with E-state index in [1.807, 2.05) is 6.92 Å². The number of halogens is 4. The molecule has 0 amide bonds. The third kappa shape index (κ3) is 9.10. The van der Waals surface area contributed by atoms with Gasteiger partial charge < -0.3 is 19.7 Å². The van der Waals surface area contributed by atoms with Crippen LogP contribution in [0.15, 0.2) is 29.3 Å². The number of nitrogens with one attached hydrogen (secondary N) is 1. The minimum Gasteiger partial charge on any atom is -0.382 e. The van der Waals surface area contributed by atoms with Crippen LogP contribution in [-0.4, -0.2) is 64.0 Å².